The van der Waals surface area contributed by atoms with Crippen LogP contribution in [0.2, 0.25) is 0 Å². The van der Waals surface area contributed by atoms with Crippen LogP contribution in [0.4, 0.5) is 5.69 Å². The summed E-state index contributed by atoms with van der Waals surface area (Å²) in [6.45, 7) is 2.03. The predicted octanol–water partition coefficient (Wildman–Crippen LogP) is 4.45. The average Bonchev–Trinajstić information content (AvgIpc) is 3.04. The lowest BCUT2D eigenvalue weighted by Crippen LogP contribution is -2.28. The molecule has 5 heteroatoms. The molecule has 1 aliphatic rings. The number of aryl methyl sites for hydroxylation is 1. The zero-order valence-corrected chi connectivity index (χ0v) is 14.0. The van der Waals surface area contributed by atoms with E-state index in [4.69, 9.17) is 4.52 Å². The van der Waals surface area contributed by atoms with Gasteiger partial charge in [0, 0.05) is 11.5 Å². The highest BCUT2D eigenvalue weighted by atomic mass is 16.5. The van der Waals surface area contributed by atoms with Gasteiger partial charge in [-0.1, -0.05) is 53.5 Å². The van der Waals surface area contributed by atoms with Gasteiger partial charge in [0.2, 0.25) is 11.7 Å². The smallest absolute Gasteiger partial charge is 0.260 e. The molecule has 4 rings (SSSR count). The van der Waals surface area contributed by atoms with E-state index >= 15 is 0 Å². The maximum Gasteiger partial charge on any atom is 0.260 e. The van der Waals surface area contributed by atoms with Crippen LogP contribution < -0.4 is 5.32 Å². The van der Waals surface area contributed by atoms with Crippen LogP contribution in [0.25, 0.3) is 22.8 Å². The van der Waals surface area contributed by atoms with Crippen molar-refractivity contribution in [1.82, 2.24) is 10.1 Å². The van der Waals surface area contributed by atoms with Crippen molar-refractivity contribution in [2.24, 2.45) is 5.92 Å². The molecule has 1 N–H and O–H groups in total. The standard InChI is InChI=1S/C20H19N3O2/c1-13-9-11-14(12-10-13)18-22-20(25-23-18)16-7-2-3-8-17(16)21-19(24)15-5-4-6-15/h2-3,7-12,15H,4-6H2,1H3,(H,21,24). The van der Waals surface area contributed by atoms with Crippen molar-refractivity contribution in [1.29, 1.82) is 0 Å². The molecule has 0 saturated heterocycles. The third-order valence-corrected chi connectivity index (χ3v) is 4.63. The number of rotatable bonds is 4. The van der Waals surface area contributed by atoms with Crippen molar-refractivity contribution in [3.8, 4) is 22.8 Å². The molecule has 1 aliphatic carbocycles. The van der Waals surface area contributed by atoms with Crippen molar-refractivity contribution in [3.63, 3.8) is 0 Å². The Morgan fingerprint density at radius 2 is 1.88 bits per heavy atom. The molecule has 1 aromatic heterocycles. The first-order chi connectivity index (χ1) is 12.2. The van der Waals surface area contributed by atoms with Crippen molar-refractivity contribution in [2.45, 2.75) is 26.2 Å². The number of para-hydroxylation sites is 1. The van der Waals surface area contributed by atoms with Gasteiger partial charge in [0.1, 0.15) is 0 Å². The van der Waals surface area contributed by atoms with Crippen LogP contribution >= 0.6 is 0 Å². The van der Waals surface area contributed by atoms with Crippen molar-refractivity contribution in [2.75, 3.05) is 5.32 Å². The van der Waals surface area contributed by atoms with E-state index in [1.54, 1.807) is 0 Å². The molecule has 5 nitrogen and oxygen atoms in total. The van der Waals surface area contributed by atoms with Crippen LogP contribution in [0.3, 0.4) is 0 Å². The van der Waals surface area contributed by atoms with Gasteiger partial charge in [-0.2, -0.15) is 4.98 Å². The van der Waals surface area contributed by atoms with Crippen molar-refractivity contribution in [3.05, 3.63) is 54.1 Å². The van der Waals surface area contributed by atoms with Crippen LogP contribution in [-0.2, 0) is 4.79 Å². The van der Waals surface area contributed by atoms with Gasteiger partial charge in [-0.25, -0.2) is 0 Å². The summed E-state index contributed by atoms with van der Waals surface area (Å²) in [5.74, 6) is 1.13. The summed E-state index contributed by atoms with van der Waals surface area (Å²) < 4.78 is 5.45. The van der Waals surface area contributed by atoms with Crippen molar-refractivity contribution < 1.29 is 9.32 Å². The first-order valence-corrected chi connectivity index (χ1v) is 8.52. The maximum absolute atomic E-state index is 12.3. The fraction of sp³-hybridized carbons (Fsp3) is 0.250. The average molecular weight is 333 g/mol. The first-order valence-electron chi connectivity index (χ1n) is 8.52. The minimum absolute atomic E-state index is 0.0666. The van der Waals surface area contributed by atoms with Crippen LogP contribution in [-0.4, -0.2) is 16.0 Å². The minimum Gasteiger partial charge on any atom is -0.334 e. The minimum atomic E-state index is 0.0666. The Bertz CT molecular complexity index is 895. The lowest BCUT2D eigenvalue weighted by atomic mass is 9.85. The molecule has 25 heavy (non-hydrogen) atoms. The summed E-state index contributed by atoms with van der Waals surface area (Å²) in [4.78, 5) is 16.8. The van der Waals surface area contributed by atoms with Gasteiger partial charge in [0.05, 0.1) is 11.3 Å². The molecule has 0 atom stereocenters. The number of anilines is 1. The molecule has 0 unspecified atom stereocenters. The topological polar surface area (TPSA) is 68.0 Å². The molecular weight excluding hydrogens is 314 g/mol. The highest BCUT2D eigenvalue weighted by Gasteiger charge is 2.26. The SMILES string of the molecule is Cc1ccc(-c2noc(-c3ccccc3NC(=O)C3CCC3)n2)cc1. The number of carbonyl (C=O) groups is 1. The maximum atomic E-state index is 12.3. The monoisotopic (exact) mass is 333 g/mol. The normalized spacial score (nSPS) is 14.1. The molecule has 3 aromatic rings. The highest BCUT2D eigenvalue weighted by Crippen LogP contribution is 2.31. The number of nitrogens with one attached hydrogen (secondary N) is 1. The fourth-order valence-electron chi connectivity index (χ4n) is 2.84. The summed E-state index contributed by atoms with van der Waals surface area (Å²) in [5.41, 5.74) is 3.52. The fourth-order valence-corrected chi connectivity index (χ4v) is 2.84. The summed E-state index contributed by atoms with van der Waals surface area (Å²) >= 11 is 0. The van der Waals surface area contributed by atoms with Crippen LogP contribution in [0.1, 0.15) is 24.8 Å². The Kier molecular flexibility index (Phi) is 4.06. The number of hydrogen-bond donors (Lipinski definition) is 1. The van der Waals surface area contributed by atoms with E-state index in [2.05, 4.69) is 15.5 Å². The molecular formula is C20H19N3O2. The first kappa shape index (κ1) is 15.6. The number of hydrogen-bond acceptors (Lipinski definition) is 4. The molecule has 0 bridgehead atoms. The van der Waals surface area contributed by atoms with E-state index in [-0.39, 0.29) is 11.8 Å². The van der Waals surface area contributed by atoms with Gasteiger partial charge in [-0.3, -0.25) is 4.79 Å². The van der Waals surface area contributed by atoms with E-state index < -0.39 is 0 Å². The van der Waals surface area contributed by atoms with Gasteiger partial charge in [0.15, 0.2) is 0 Å². The van der Waals surface area contributed by atoms with E-state index in [0.717, 1.165) is 30.4 Å². The van der Waals surface area contributed by atoms with E-state index in [9.17, 15) is 4.79 Å². The molecule has 1 fully saturated rings. The summed E-state index contributed by atoms with van der Waals surface area (Å²) in [5, 5.41) is 7.08. The van der Waals surface area contributed by atoms with Gasteiger partial charge >= 0.3 is 0 Å². The molecule has 1 saturated carbocycles. The quantitative estimate of drug-likeness (QED) is 0.766. The number of carbonyl (C=O) groups excluding carboxylic acids is 1. The zero-order chi connectivity index (χ0) is 17.2. The molecule has 126 valence electrons. The number of amides is 1. The Balaban J connectivity index is 1.61. The van der Waals surface area contributed by atoms with Crippen molar-refractivity contribution >= 4 is 11.6 Å². The van der Waals surface area contributed by atoms with Gasteiger partial charge in [-0.15, -0.1) is 0 Å². The Labute approximate surface area is 146 Å². The largest absolute Gasteiger partial charge is 0.334 e. The van der Waals surface area contributed by atoms with Crippen LogP contribution in [0.15, 0.2) is 53.1 Å². The summed E-state index contributed by atoms with van der Waals surface area (Å²) in [7, 11) is 0. The second kappa shape index (κ2) is 6.51. The Morgan fingerprint density at radius 3 is 2.60 bits per heavy atom. The molecule has 0 radical (unpaired) electrons. The summed E-state index contributed by atoms with van der Waals surface area (Å²) in [6, 6.07) is 15.5. The molecule has 0 spiro atoms. The van der Waals surface area contributed by atoms with E-state index in [0.29, 0.717) is 17.4 Å². The second-order valence-corrected chi connectivity index (χ2v) is 6.45. The molecule has 0 aliphatic heterocycles. The third-order valence-electron chi connectivity index (χ3n) is 4.63. The van der Waals surface area contributed by atoms with E-state index in [1.165, 1.54) is 5.56 Å². The lowest BCUT2D eigenvalue weighted by Gasteiger charge is -2.24. The summed E-state index contributed by atoms with van der Waals surface area (Å²) in [6.07, 6.45) is 3.06. The van der Waals surface area contributed by atoms with Crippen LogP contribution in [0.5, 0.6) is 0 Å². The molecule has 2 aromatic carbocycles. The van der Waals surface area contributed by atoms with Gasteiger partial charge in [-0.05, 0) is 31.9 Å². The Morgan fingerprint density at radius 1 is 1.12 bits per heavy atom. The second-order valence-electron chi connectivity index (χ2n) is 6.45. The number of aromatic nitrogens is 2. The van der Waals surface area contributed by atoms with E-state index in [1.807, 2.05) is 55.5 Å². The lowest BCUT2D eigenvalue weighted by molar-refractivity contribution is -0.122. The van der Waals surface area contributed by atoms with Gasteiger partial charge < -0.3 is 9.84 Å². The third kappa shape index (κ3) is 3.18. The molecule has 1 amide bonds. The Hall–Kier alpha value is -2.95. The number of benzene rings is 2. The molecule has 1 heterocycles. The van der Waals surface area contributed by atoms with Crippen LogP contribution in [0, 0.1) is 12.8 Å². The van der Waals surface area contributed by atoms with Gasteiger partial charge in [0.25, 0.3) is 5.89 Å². The highest BCUT2D eigenvalue weighted by molar-refractivity contribution is 5.96. The predicted molar refractivity (Wildman–Crippen MR) is 95.9 cm³/mol. The number of nitrogens with zero attached hydrogens (tertiary/aromatic N) is 2. The zero-order valence-electron chi connectivity index (χ0n) is 14.0.